The standard InChI is InChI=1S/C18H27NO4S/c1-3-19(4-2)24(22,23)16-11-9-15(10-12-16)17(18(20)21)13-14-7-5-6-8-14/h9-12,14,17H,3-8,13H2,1-2H3,(H,20,21). The van der Waals surface area contributed by atoms with Crippen LogP contribution in [0.25, 0.3) is 0 Å². The van der Waals surface area contributed by atoms with Crippen LogP contribution in [-0.4, -0.2) is 36.9 Å². The van der Waals surface area contributed by atoms with Gasteiger partial charge >= 0.3 is 5.97 Å². The van der Waals surface area contributed by atoms with Crippen LogP contribution in [0.15, 0.2) is 29.2 Å². The number of sulfonamides is 1. The summed E-state index contributed by atoms with van der Waals surface area (Å²) >= 11 is 0. The molecule has 1 unspecified atom stereocenters. The van der Waals surface area contributed by atoms with Crippen molar-refractivity contribution in [3.8, 4) is 0 Å². The minimum absolute atomic E-state index is 0.222. The molecule has 5 nitrogen and oxygen atoms in total. The molecule has 6 heteroatoms. The van der Waals surface area contributed by atoms with Gasteiger partial charge in [-0.2, -0.15) is 4.31 Å². The van der Waals surface area contributed by atoms with E-state index in [0.717, 1.165) is 12.8 Å². The van der Waals surface area contributed by atoms with Crippen molar-refractivity contribution >= 4 is 16.0 Å². The van der Waals surface area contributed by atoms with Crippen molar-refractivity contribution in [2.24, 2.45) is 5.92 Å². The van der Waals surface area contributed by atoms with Gasteiger partial charge in [-0.25, -0.2) is 8.42 Å². The summed E-state index contributed by atoms with van der Waals surface area (Å²) in [7, 11) is -3.50. The number of benzene rings is 1. The van der Waals surface area contributed by atoms with Crippen LogP contribution in [0, 0.1) is 5.92 Å². The number of nitrogens with zero attached hydrogens (tertiary/aromatic N) is 1. The predicted octanol–water partition coefficient (Wildman–Crippen LogP) is 3.47. The third-order valence-electron chi connectivity index (χ3n) is 4.97. The van der Waals surface area contributed by atoms with Crippen LogP contribution >= 0.6 is 0 Å². The van der Waals surface area contributed by atoms with Crippen molar-refractivity contribution in [3.05, 3.63) is 29.8 Å². The Morgan fingerprint density at radius 2 is 1.71 bits per heavy atom. The van der Waals surface area contributed by atoms with Gasteiger partial charge in [0.15, 0.2) is 0 Å². The molecule has 24 heavy (non-hydrogen) atoms. The number of carboxylic acid groups (broad SMARTS) is 1. The summed E-state index contributed by atoms with van der Waals surface area (Å²) in [4.78, 5) is 11.9. The van der Waals surface area contributed by atoms with Crippen LogP contribution < -0.4 is 0 Å². The van der Waals surface area contributed by atoms with Gasteiger partial charge in [-0.1, -0.05) is 51.7 Å². The molecule has 0 aromatic heterocycles. The van der Waals surface area contributed by atoms with Gasteiger partial charge in [0.25, 0.3) is 0 Å². The lowest BCUT2D eigenvalue weighted by atomic mass is 9.88. The molecule has 0 bridgehead atoms. The Kier molecular flexibility index (Phi) is 6.40. The molecule has 134 valence electrons. The first-order valence-corrected chi connectivity index (χ1v) is 10.2. The normalized spacial score (nSPS) is 17.3. The van der Waals surface area contributed by atoms with E-state index in [9.17, 15) is 18.3 Å². The van der Waals surface area contributed by atoms with E-state index in [1.54, 1.807) is 26.0 Å². The van der Waals surface area contributed by atoms with Gasteiger partial charge in [-0.3, -0.25) is 4.79 Å². The number of carbonyl (C=O) groups is 1. The van der Waals surface area contributed by atoms with E-state index in [2.05, 4.69) is 0 Å². The number of aliphatic carboxylic acids is 1. The van der Waals surface area contributed by atoms with Crippen LogP contribution in [0.2, 0.25) is 0 Å². The first-order chi connectivity index (χ1) is 11.4. The molecule has 1 aromatic carbocycles. The molecule has 1 fully saturated rings. The van der Waals surface area contributed by atoms with Gasteiger partial charge in [0.1, 0.15) is 0 Å². The fourth-order valence-electron chi connectivity index (χ4n) is 3.54. The quantitative estimate of drug-likeness (QED) is 0.776. The van der Waals surface area contributed by atoms with E-state index in [1.165, 1.54) is 29.3 Å². The van der Waals surface area contributed by atoms with E-state index in [4.69, 9.17) is 0 Å². The molecule has 2 rings (SSSR count). The minimum atomic E-state index is -3.50. The molecule has 1 aromatic rings. The second kappa shape index (κ2) is 8.12. The van der Waals surface area contributed by atoms with E-state index in [-0.39, 0.29) is 4.90 Å². The Bertz CT molecular complexity index is 644. The predicted molar refractivity (Wildman–Crippen MR) is 93.5 cm³/mol. The van der Waals surface area contributed by atoms with Gasteiger partial charge in [0.05, 0.1) is 10.8 Å². The highest BCUT2D eigenvalue weighted by molar-refractivity contribution is 7.89. The molecule has 1 aliphatic carbocycles. The summed E-state index contributed by atoms with van der Waals surface area (Å²) in [6.07, 6.45) is 5.18. The molecular formula is C18H27NO4S. The lowest BCUT2D eigenvalue weighted by Gasteiger charge is -2.20. The highest BCUT2D eigenvalue weighted by Gasteiger charge is 2.27. The Balaban J connectivity index is 2.21. The maximum Gasteiger partial charge on any atom is 0.310 e. The second-order valence-electron chi connectivity index (χ2n) is 6.44. The molecule has 0 saturated heterocycles. The molecule has 1 aliphatic rings. The van der Waals surface area contributed by atoms with E-state index < -0.39 is 21.9 Å². The van der Waals surface area contributed by atoms with E-state index in [1.807, 2.05) is 0 Å². The molecule has 0 radical (unpaired) electrons. The van der Waals surface area contributed by atoms with Crippen molar-refractivity contribution in [2.45, 2.75) is 56.8 Å². The van der Waals surface area contributed by atoms with Gasteiger partial charge in [-0.05, 0) is 30.0 Å². The van der Waals surface area contributed by atoms with Crippen LogP contribution in [0.3, 0.4) is 0 Å². The fourth-order valence-corrected chi connectivity index (χ4v) is 5.00. The van der Waals surface area contributed by atoms with Crippen molar-refractivity contribution in [1.82, 2.24) is 4.31 Å². The molecule has 1 atom stereocenters. The lowest BCUT2D eigenvalue weighted by molar-refractivity contribution is -0.139. The number of hydrogen-bond acceptors (Lipinski definition) is 3. The summed E-state index contributed by atoms with van der Waals surface area (Å²) in [6.45, 7) is 4.44. The SMILES string of the molecule is CCN(CC)S(=O)(=O)c1ccc(C(CC2CCCC2)C(=O)O)cc1. The van der Waals surface area contributed by atoms with Gasteiger partial charge in [-0.15, -0.1) is 0 Å². The molecular weight excluding hydrogens is 326 g/mol. The zero-order valence-electron chi connectivity index (χ0n) is 14.4. The van der Waals surface area contributed by atoms with E-state index >= 15 is 0 Å². The summed E-state index contributed by atoms with van der Waals surface area (Å²) in [5.41, 5.74) is 0.688. The fraction of sp³-hybridized carbons (Fsp3) is 0.611. The summed E-state index contributed by atoms with van der Waals surface area (Å²) in [6, 6.07) is 6.38. The van der Waals surface area contributed by atoms with Crippen LogP contribution in [0.5, 0.6) is 0 Å². The zero-order chi connectivity index (χ0) is 17.7. The highest BCUT2D eigenvalue weighted by atomic mass is 32.2. The third kappa shape index (κ3) is 4.16. The van der Waals surface area contributed by atoms with Crippen LogP contribution in [0.4, 0.5) is 0 Å². The number of carboxylic acids is 1. The summed E-state index contributed by atoms with van der Waals surface area (Å²) in [5.74, 6) is -0.926. The monoisotopic (exact) mass is 353 g/mol. The first kappa shape index (κ1) is 18.9. The van der Waals surface area contributed by atoms with Gasteiger partial charge < -0.3 is 5.11 Å². The third-order valence-corrected chi connectivity index (χ3v) is 7.03. The average molecular weight is 353 g/mol. The maximum absolute atomic E-state index is 12.5. The Hall–Kier alpha value is -1.40. The van der Waals surface area contributed by atoms with Crippen molar-refractivity contribution in [1.29, 1.82) is 0 Å². The smallest absolute Gasteiger partial charge is 0.310 e. The topological polar surface area (TPSA) is 74.7 Å². The first-order valence-electron chi connectivity index (χ1n) is 8.73. The second-order valence-corrected chi connectivity index (χ2v) is 8.37. The van der Waals surface area contributed by atoms with Gasteiger partial charge in [0, 0.05) is 13.1 Å². The molecule has 0 amide bonds. The summed E-state index contributed by atoms with van der Waals surface area (Å²) in [5, 5.41) is 9.55. The van der Waals surface area contributed by atoms with Crippen LogP contribution in [-0.2, 0) is 14.8 Å². The van der Waals surface area contributed by atoms with Crippen molar-refractivity contribution < 1.29 is 18.3 Å². The van der Waals surface area contributed by atoms with Gasteiger partial charge in [0.2, 0.25) is 10.0 Å². The molecule has 1 N–H and O–H groups in total. The molecule has 0 heterocycles. The van der Waals surface area contributed by atoms with Crippen molar-refractivity contribution in [3.63, 3.8) is 0 Å². The Labute approximate surface area is 144 Å². The minimum Gasteiger partial charge on any atom is -0.481 e. The van der Waals surface area contributed by atoms with Crippen molar-refractivity contribution in [2.75, 3.05) is 13.1 Å². The molecule has 1 saturated carbocycles. The molecule has 0 spiro atoms. The average Bonchev–Trinajstić information content (AvgIpc) is 3.06. The number of rotatable bonds is 8. The van der Waals surface area contributed by atoms with E-state index in [0.29, 0.717) is 31.0 Å². The largest absolute Gasteiger partial charge is 0.481 e. The maximum atomic E-state index is 12.5. The Morgan fingerprint density at radius 1 is 1.17 bits per heavy atom. The Morgan fingerprint density at radius 3 is 2.17 bits per heavy atom. The highest BCUT2D eigenvalue weighted by Crippen LogP contribution is 2.34. The summed E-state index contributed by atoms with van der Waals surface area (Å²) < 4.78 is 26.4. The zero-order valence-corrected chi connectivity index (χ0v) is 15.3. The van der Waals surface area contributed by atoms with Crippen LogP contribution in [0.1, 0.15) is 57.4 Å². The molecule has 0 aliphatic heterocycles. The lowest BCUT2D eigenvalue weighted by Crippen LogP contribution is -2.30. The number of hydrogen-bond donors (Lipinski definition) is 1.